The van der Waals surface area contributed by atoms with E-state index in [0.717, 1.165) is 28.3 Å². The molecule has 1 aliphatic heterocycles. The topological polar surface area (TPSA) is 90.2 Å². The van der Waals surface area contributed by atoms with Crippen LogP contribution in [0.3, 0.4) is 0 Å². The second-order valence-corrected chi connectivity index (χ2v) is 8.72. The monoisotopic (exact) mass is 400 g/mol. The van der Waals surface area contributed by atoms with Gasteiger partial charge in [-0.05, 0) is 41.0 Å². The van der Waals surface area contributed by atoms with Crippen molar-refractivity contribution in [2.45, 2.75) is 43.9 Å². The molecule has 6 heteroatoms. The van der Waals surface area contributed by atoms with Gasteiger partial charge < -0.3 is 25.2 Å². The zero-order valence-corrected chi connectivity index (χ0v) is 16.3. The predicted octanol–water partition coefficient (Wildman–Crippen LogP) is 2.32. The molecule has 4 N–H and O–H groups in total. The van der Waals surface area contributed by atoms with Gasteiger partial charge in [0.25, 0.3) is 0 Å². The molecule has 1 aliphatic rings. The number of rotatable bonds is 4. The van der Waals surface area contributed by atoms with E-state index < -0.39 is 37.1 Å². The lowest BCUT2D eigenvalue weighted by Gasteiger charge is -2.40. The van der Waals surface area contributed by atoms with Gasteiger partial charge in [0.1, 0.15) is 30.5 Å². The SMILES string of the molecule is Cc1ccc(Cc2cc([C@@H]3O[C@H](CO)[C@@H](O)[C@H](O)[C@H]3O)c3ccccc3c2)s1. The molecule has 5 atom stereocenters. The molecule has 0 amide bonds. The minimum absolute atomic E-state index is 0.437. The summed E-state index contributed by atoms with van der Waals surface area (Å²) >= 11 is 1.75. The Morgan fingerprint density at radius 2 is 1.75 bits per heavy atom. The minimum atomic E-state index is -1.39. The van der Waals surface area contributed by atoms with Crippen LogP contribution in [0.1, 0.15) is 27.0 Å². The highest BCUT2D eigenvalue weighted by molar-refractivity contribution is 7.11. The van der Waals surface area contributed by atoms with Gasteiger partial charge >= 0.3 is 0 Å². The van der Waals surface area contributed by atoms with E-state index in [9.17, 15) is 20.4 Å². The highest BCUT2D eigenvalue weighted by atomic mass is 32.1. The lowest BCUT2D eigenvalue weighted by atomic mass is 9.87. The van der Waals surface area contributed by atoms with Crippen LogP contribution in [0.25, 0.3) is 10.8 Å². The molecule has 0 saturated carbocycles. The van der Waals surface area contributed by atoms with Gasteiger partial charge in [0.2, 0.25) is 0 Å². The number of ether oxygens (including phenoxy) is 1. The summed E-state index contributed by atoms with van der Waals surface area (Å²) < 4.78 is 5.83. The Morgan fingerprint density at radius 1 is 0.964 bits per heavy atom. The van der Waals surface area contributed by atoms with Crippen LogP contribution < -0.4 is 0 Å². The third-order valence-corrected chi connectivity index (χ3v) is 6.33. The quantitative estimate of drug-likeness (QED) is 0.540. The van der Waals surface area contributed by atoms with Gasteiger partial charge in [-0.2, -0.15) is 0 Å². The number of aliphatic hydroxyl groups excluding tert-OH is 4. The van der Waals surface area contributed by atoms with Crippen LogP contribution in [-0.2, 0) is 11.2 Å². The molecule has 1 fully saturated rings. The van der Waals surface area contributed by atoms with Gasteiger partial charge in [-0.25, -0.2) is 0 Å². The van der Waals surface area contributed by atoms with E-state index in [4.69, 9.17) is 4.74 Å². The third-order valence-electron chi connectivity index (χ3n) is 5.33. The van der Waals surface area contributed by atoms with Crippen LogP contribution in [-0.4, -0.2) is 51.4 Å². The predicted molar refractivity (Wildman–Crippen MR) is 109 cm³/mol. The zero-order chi connectivity index (χ0) is 19.8. The number of benzene rings is 2. The second kappa shape index (κ2) is 7.91. The Hall–Kier alpha value is -1.80. The van der Waals surface area contributed by atoms with E-state index in [1.165, 1.54) is 9.75 Å². The molecule has 28 heavy (non-hydrogen) atoms. The summed E-state index contributed by atoms with van der Waals surface area (Å²) in [7, 11) is 0. The van der Waals surface area contributed by atoms with Crippen molar-refractivity contribution < 1.29 is 25.2 Å². The highest BCUT2D eigenvalue weighted by Gasteiger charge is 2.44. The standard InChI is InChI=1S/C22H24O5S/c1-12-6-7-15(28-12)9-13-8-14-4-2-3-5-16(14)17(10-13)22-21(26)20(25)19(24)18(11-23)27-22/h2-8,10,18-26H,9,11H2,1H3/t18-,19-,20+,21-,22+/m1/s1. The average Bonchev–Trinajstić information content (AvgIpc) is 3.10. The maximum atomic E-state index is 10.6. The van der Waals surface area contributed by atoms with Crippen molar-refractivity contribution in [3.8, 4) is 0 Å². The van der Waals surface area contributed by atoms with Gasteiger partial charge in [-0.3, -0.25) is 0 Å². The van der Waals surface area contributed by atoms with Crippen molar-refractivity contribution >= 4 is 22.1 Å². The van der Waals surface area contributed by atoms with E-state index in [-0.39, 0.29) is 0 Å². The summed E-state index contributed by atoms with van der Waals surface area (Å²) in [6.07, 6.45) is -5.05. The molecular formula is C22H24O5S. The Bertz CT molecular complexity index is 966. The van der Waals surface area contributed by atoms with E-state index >= 15 is 0 Å². The fourth-order valence-electron chi connectivity index (χ4n) is 3.88. The molecule has 3 aromatic rings. The largest absolute Gasteiger partial charge is 0.394 e. The van der Waals surface area contributed by atoms with E-state index in [1.807, 2.05) is 30.3 Å². The van der Waals surface area contributed by atoms with Gasteiger partial charge in [0, 0.05) is 16.2 Å². The van der Waals surface area contributed by atoms with Crippen LogP contribution in [0.5, 0.6) is 0 Å². The van der Waals surface area contributed by atoms with E-state index in [0.29, 0.717) is 0 Å². The van der Waals surface area contributed by atoms with Crippen molar-refractivity contribution in [3.63, 3.8) is 0 Å². The Labute approximate surface area is 167 Å². The number of fused-ring (bicyclic) bond motifs is 1. The van der Waals surface area contributed by atoms with Gasteiger partial charge in [0.05, 0.1) is 6.61 Å². The van der Waals surface area contributed by atoms with Crippen LogP contribution in [0.15, 0.2) is 48.5 Å². The maximum Gasteiger partial charge on any atom is 0.113 e. The second-order valence-electron chi connectivity index (χ2n) is 7.34. The zero-order valence-electron chi connectivity index (χ0n) is 15.5. The van der Waals surface area contributed by atoms with Crippen LogP contribution in [0.2, 0.25) is 0 Å². The number of aryl methyl sites for hydroxylation is 1. The molecular weight excluding hydrogens is 376 g/mol. The summed E-state index contributed by atoms with van der Waals surface area (Å²) in [5, 5.41) is 42.4. The molecule has 0 aliphatic carbocycles. The summed E-state index contributed by atoms with van der Waals surface area (Å²) in [5.41, 5.74) is 1.82. The highest BCUT2D eigenvalue weighted by Crippen LogP contribution is 2.37. The van der Waals surface area contributed by atoms with Crippen LogP contribution in [0, 0.1) is 6.92 Å². The Morgan fingerprint density at radius 3 is 2.46 bits per heavy atom. The molecule has 0 unspecified atom stereocenters. The Kier molecular flexibility index (Phi) is 5.51. The summed E-state index contributed by atoms with van der Waals surface area (Å²) in [6.45, 7) is 1.64. The maximum absolute atomic E-state index is 10.6. The van der Waals surface area contributed by atoms with Crippen LogP contribution >= 0.6 is 11.3 Å². The van der Waals surface area contributed by atoms with Crippen LogP contribution in [0.4, 0.5) is 0 Å². The lowest BCUT2D eigenvalue weighted by Crippen LogP contribution is -2.55. The average molecular weight is 400 g/mol. The molecule has 4 rings (SSSR count). The van der Waals surface area contributed by atoms with E-state index in [1.54, 1.807) is 11.3 Å². The van der Waals surface area contributed by atoms with Crippen molar-refractivity contribution in [2.75, 3.05) is 6.61 Å². The molecule has 0 bridgehead atoms. The third kappa shape index (κ3) is 3.59. The van der Waals surface area contributed by atoms with E-state index in [2.05, 4.69) is 25.1 Å². The first kappa shape index (κ1) is 19.5. The van der Waals surface area contributed by atoms with Gasteiger partial charge in [-0.1, -0.05) is 36.4 Å². The Balaban J connectivity index is 1.78. The first-order valence-electron chi connectivity index (χ1n) is 9.35. The smallest absolute Gasteiger partial charge is 0.113 e. The summed E-state index contributed by atoms with van der Waals surface area (Å²) in [4.78, 5) is 2.50. The number of aliphatic hydroxyl groups is 4. The normalized spacial score (nSPS) is 28.0. The lowest BCUT2D eigenvalue weighted by molar-refractivity contribution is -0.231. The fraction of sp³-hybridized carbons (Fsp3) is 0.364. The molecule has 0 radical (unpaired) electrons. The van der Waals surface area contributed by atoms with Gasteiger partial charge in [-0.15, -0.1) is 11.3 Å². The molecule has 2 heterocycles. The molecule has 1 aromatic heterocycles. The van der Waals surface area contributed by atoms with Crippen molar-refractivity contribution in [2.24, 2.45) is 0 Å². The molecule has 1 saturated heterocycles. The first-order chi connectivity index (χ1) is 13.5. The first-order valence-corrected chi connectivity index (χ1v) is 10.2. The molecule has 0 spiro atoms. The number of hydrogen-bond acceptors (Lipinski definition) is 6. The summed E-state index contributed by atoms with van der Waals surface area (Å²) in [5.74, 6) is 0. The van der Waals surface area contributed by atoms with Crippen molar-refractivity contribution in [1.82, 2.24) is 0 Å². The number of thiophene rings is 1. The molecule has 148 valence electrons. The van der Waals surface area contributed by atoms with Crippen molar-refractivity contribution in [3.05, 3.63) is 69.4 Å². The van der Waals surface area contributed by atoms with Crippen molar-refractivity contribution in [1.29, 1.82) is 0 Å². The summed E-state index contributed by atoms with van der Waals surface area (Å²) in [6, 6.07) is 16.2. The fourth-order valence-corrected chi connectivity index (χ4v) is 4.81. The van der Waals surface area contributed by atoms with Gasteiger partial charge in [0.15, 0.2) is 0 Å². The minimum Gasteiger partial charge on any atom is -0.394 e. The number of hydrogen-bond donors (Lipinski definition) is 4. The molecule has 5 nitrogen and oxygen atoms in total. The molecule has 2 aromatic carbocycles.